The third-order valence-corrected chi connectivity index (χ3v) is 3.73. The first-order valence-electron chi connectivity index (χ1n) is 6.98. The molecule has 1 amide bonds. The molecular weight excluding hydrogens is 262 g/mol. The van der Waals surface area contributed by atoms with Gasteiger partial charge in [0, 0.05) is 18.2 Å². The van der Waals surface area contributed by atoms with E-state index in [4.69, 9.17) is 0 Å². The SMILES string of the molecule is Cc1cc(F)c(C(C)NC2CCCCNC2=O)cc1F. The van der Waals surface area contributed by atoms with Crippen molar-refractivity contribution < 1.29 is 13.6 Å². The Bertz CT molecular complexity index is 505. The number of carbonyl (C=O) groups is 1. The molecule has 1 saturated heterocycles. The van der Waals surface area contributed by atoms with Crippen LogP contribution in [0.3, 0.4) is 0 Å². The van der Waals surface area contributed by atoms with Crippen LogP contribution in [0.4, 0.5) is 8.78 Å². The van der Waals surface area contributed by atoms with E-state index in [9.17, 15) is 13.6 Å². The molecule has 0 saturated carbocycles. The lowest BCUT2D eigenvalue weighted by Gasteiger charge is -2.22. The van der Waals surface area contributed by atoms with Gasteiger partial charge in [-0.25, -0.2) is 8.78 Å². The molecule has 2 N–H and O–H groups in total. The Kier molecular flexibility index (Phi) is 4.70. The van der Waals surface area contributed by atoms with E-state index in [1.165, 1.54) is 19.1 Å². The number of hydrogen-bond acceptors (Lipinski definition) is 2. The van der Waals surface area contributed by atoms with Gasteiger partial charge < -0.3 is 5.32 Å². The van der Waals surface area contributed by atoms with Crippen LogP contribution in [0, 0.1) is 18.6 Å². The fraction of sp³-hybridized carbons (Fsp3) is 0.533. The molecule has 3 nitrogen and oxygen atoms in total. The Morgan fingerprint density at radius 3 is 2.80 bits per heavy atom. The van der Waals surface area contributed by atoms with Gasteiger partial charge >= 0.3 is 0 Å². The lowest BCUT2D eigenvalue weighted by Crippen LogP contribution is -2.43. The van der Waals surface area contributed by atoms with E-state index in [-0.39, 0.29) is 23.1 Å². The summed E-state index contributed by atoms with van der Waals surface area (Å²) >= 11 is 0. The Balaban J connectivity index is 2.13. The third kappa shape index (κ3) is 3.33. The van der Waals surface area contributed by atoms with E-state index in [0.717, 1.165) is 12.8 Å². The quantitative estimate of drug-likeness (QED) is 0.894. The average Bonchev–Trinajstić information content (AvgIpc) is 2.59. The summed E-state index contributed by atoms with van der Waals surface area (Å²) in [4.78, 5) is 11.8. The Labute approximate surface area is 117 Å². The minimum Gasteiger partial charge on any atom is -0.355 e. The highest BCUT2D eigenvalue weighted by Crippen LogP contribution is 2.22. The number of rotatable bonds is 3. The summed E-state index contributed by atoms with van der Waals surface area (Å²) in [6.45, 7) is 3.95. The van der Waals surface area contributed by atoms with Crippen molar-refractivity contribution >= 4 is 5.91 Å². The van der Waals surface area contributed by atoms with E-state index in [2.05, 4.69) is 10.6 Å². The van der Waals surface area contributed by atoms with Crippen molar-refractivity contribution in [2.75, 3.05) is 6.54 Å². The Morgan fingerprint density at radius 1 is 1.30 bits per heavy atom. The second kappa shape index (κ2) is 6.31. The zero-order chi connectivity index (χ0) is 14.7. The van der Waals surface area contributed by atoms with Crippen LogP contribution in [0.15, 0.2) is 12.1 Å². The molecule has 5 heteroatoms. The molecule has 110 valence electrons. The minimum atomic E-state index is -0.446. The normalized spacial score (nSPS) is 21.2. The van der Waals surface area contributed by atoms with Crippen molar-refractivity contribution in [1.29, 1.82) is 0 Å². The largest absolute Gasteiger partial charge is 0.355 e. The third-order valence-electron chi connectivity index (χ3n) is 3.73. The van der Waals surface area contributed by atoms with Gasteiger partial charge in [0.05, 0.1) is 6.04 Å². The molecule has 2 unspecified atom stereocenters. The molecule has 1 aromatic carbocycles. The smallest absolute Gasteiger partial charge is 0.237 e. The molecular formula is C15H20F2N2O. The summed E-state index contributed by atoms with van der Waals surface area (Å²) in [5.74, 6) is -0.944. The molecule has 2 rings (SSSR count). The van der Waals surface area contributed by atoms with Crippen LogP contribution < -0.4 is 10.6 Å². The number of hydrogen-bond donors (Lipinski definition) is 2. The topological polar surface area (TPSA) is 41.1 Å². The van der Waals surface area contributed by atoms with Crippen LogP contribution in [0.5, 0.6) is 0 Å². The maximum Gasteiger partial charge on any atom is 0.237 e. The molecule has 1 heterocycles. The molecule has 20 heavy (non-hydrogen) atoms. The molecule has 2 atom stereocenters. The van der Waals surface area contributed by atoms with Crippen LogP contribution in [0.2, 0.25) is 0 Å². The Hall–Kier alpha value is -1.49. The molecule has 1 aromatic rings. The highest BCUT2D eigenvalue weighted by molar-refractivity contribution is 5.81. The predicted octanol–water partition coefficient (Wildman–Crippen LogP) is 2.59. The van der Waals surface area contributed by atoms with E-state index in [0.29, 0.717) is 13.0 Å². The second-order valence-corrected chi connectivity index (χ2v) is 5.35. The van der Waals surface area contributed by atoms with Crippen LogP contribution in [0.25, 0.3) is 0 Å². The zero-order valence-corrected chi connectivity index (χ0v) is 11.8. The van der Waals surface area contributed by atoms with Gasteiger partial charge in [-0.2, -0.15) is 0 Å². The van der Waals surface area contributed by atoms with E-state index in [1.807, 2.05) is 0 Å². The Morgan fingerprint density at radius 2 is 2.05 bits per heavy atom. The number of carbonyl (C=O) groups excluding carboxylic acids is 1. The summed E-state index contributed by atoms with van der Waals surface area (Å²) in [6, 6.07) is 1.63. The summed E-state index contributed by atoms with van der Waals surface area (Å²) in [5.41, 5.74) is 0.538. The molecule has 0 radical (unpaired) electrons. The fourth-order valence-electron chi connectivity index (χ4n) is 2.48. The summed E-state index contributed by atoms with van der Waals surface area (Å²) in [6.07, 6.45) is 2.60. The van der Waals surface area contributed by atoms with Crippen molar-refractivity contribution in [2.24, 2.45) is 0 Å². The number of aryl methyl sites for hydroxylation is 1. The summed E-state index contributed by atoms with van der Waals surface area (Å²) in [7, 11) is 0. The number of halogens is 2. The van der Waals surface area contributed by atoms with Crippen molar-refractivity contribution in [3.05, 3.63) is 34.9 Å². The standard InChI is InChI=1S/C15H20F2N2O/c1-9-7-13(17)11(8-12(9)16)10(2)19-14-5-3-4-6-18-15(14)20/h7-8,10,14,19H,3-6H2,1-2H3,(H,18,20). The lowest BCUT2D eigenvalue weighted by atomic mass is 10.0. The zero-order valence-electron chi connectivity index (χ0n) is 11.8. The molecule has 0 bridgehead atoms. The average molecular weight is 282 g/mol. The first-order chi connectivity index (χ1) is 9.49. The molecule has 1 aliphatic heterocycles. The van der Waals surface area contributed by atoms with Crippen molar-refractivity contribution in [1.82, 2.24) is 10.6 Å². The summed E-state index contributed by atoms with van der Waals surface area (Å²) in [5, 5.41) is 5.91. The lowest BCUT2D eigenvalue weighted by molar-refractivity contribution is -0.123. The predicted molar refractivity (Wildman–Crippen MR) is 73.3 cm³/mol. The first-order valence-corrected chi connectivity index (χ1v) is 6.98. The number of benzene rings is 1. The van der Waals surface area contributed by atoms with Gasteiger partial charge in [-0.05, 0) is 50.8 Å². The summed E-state index contributed by atoms with van der Waals surface area (Å²) < 4.78 is 27.5. The van der Waals surface area contributed by atoms with Gasteiger partial charge in [0.1, 0.15) is 11.6 Å². The van der Waals surface area contributed by atoms with Crippen molar-refractivity contribution in [2.45, 2.75) is 45.2 Å². The molecule has 1 aliphatic rings. The van der Waals surface area contributed by atoms with Gasteiger partial charge in [0.2, 0.25) is 5.91 Å². The maximum absolute atomic E-state index is 13.9. The number of nitrogens with one attached hydrogen (secondary N) is 2. The highest BCUT2D eigenvalue weighted by atomic mass is 19.1. The van der Waals surface area contributed by atoms with Crippen molar-refractivity contribution in [3.63, 3.8) is 0 Å². The molecule has 0 aliphatic carbocycles. The van der Waals surface area contributed by atoms with E-state index >= 15 is 0 Å². The van der Waals surface area contributed by atoms with Crippen LogP contribution in [0.1, 0.15) is 43.4 Å². The second-order valence-electron chi connectivity index (χ2n) is 5.35. The van der Waals surface area contributed by atoms with Gasteiger partial charge in [-0.1, -0.05) is 0 Å². The first kappa shape index (κ1) is 14.9. The molecule has 1 fully saturated rings. The van der Waals surface area contributed by atoms with Gasteiger partial charge in [-0.15, -0.1) is 0 Å². The minimum absolute atomic E-state index is 0.0673. The molecule has 0 spiro atoms. The highest BCUT2D eigenvalue weighted by Gasteiger charge is 2.24. The van der Waals surface area contributed by atoms with Gasteiger partial charge in [-0.3, -0.25) is 10.1 Å². The van der Waals surface area contributed by atoms with E-state index < -0.39 is 17.7 Å². The fourth-order valence-corrected chi connectivity index (χ4v) is 2.48. The van der Waals surface area contributed by atoms with Crippen LogP contribution in [-0.4, -0.2) is 18.5 Å². The molecule has 0 aromatic heterocycles. The van der Waals surface area contributed by atoms with E-state index in [1.54, 1.807) is 6.92 Å². The van der Waals surface area contributed by atoms with Gasteiger partial charge in [0.25, 0.3) is 0 Å². The van der Waals surface area contributed by atoms with Crippen molar-refractivity contribution in [3.8, 4) is 0 Å². The maximum atomic E-state index is 13.9. The monoisotopic (exact) mass is 282 g/mol. The van der Waals surface area contributed by atoms with Crippen LogP contribution >= 0.6 is 0 Å². The van der Waals surface area contributed by atoms with Gasteiger partial charge in [0.15, 0.2) is 0 Å². The van der Waals surface area contributed by atoms with Crippen LogP contribution in [-0.2, 0) is 4.79 Å². The number of amides is 1.